The largest absolute Gasteiger partial charge is 0.497 e. The van der Waals surface area contributed by atoms with Crippen LogP contribution in [0.3, 0.4) is 0 Å². The van der Waals surface area contributed by atoms with Gasteiger partial charge in [-0.25, -0.2) is 4.79 Å². The number of benzene rings is 2. The molecule has 5 nitrogen and oxygen atoms in total. The number of ether oxygens (including phenoxy) is 1. The van der Waals surface area contributed by atoms with E-state index >= 15 is 0 Å². The van der Waals surface area contributed by atoms with Crippen molar-refractivity contribution in [3.05, 3.63) is 75.1 Å². The van der Waals surface area contributed by atoms with Crippen molar-refractivity contribution in [2.45, 2.75) is 32.4 Å². The average molecular weight is 433 g/mol. The molecule has 0 saturated heterocycles. The highest BCUT2D eigenvalue weighted by molar-refractivity contribution is 5.82. The number of fused-ring (bicyclic) bond motifs is 1. The summed E-state index contributed by atoms with van der Waals surface area (Å²) < 4.78 is 48.3. The second kappa shape index (κ2) is 9.24. The van der Waals surface area contributed by atoms with Crippen LogP contribution in [0.25, 0.3) is 11.0 Å². The zero-order chi connectivity index (χ0) is 22.6. The van der Waals surface area contributed by atoms with Gasteiger partial charge >= 0.3 is 11.8 Å². The van der Waals surface area contributed by atoms with Gasteiger partial charge in [-0.1, -0.05) is 12.1 Å². The molecule has 0 aliphatic carbocycles. The molecule has 0 spiro atoms. The summed E-state index contributed by atoms with van der Waals surface area (Å²) in [6.07, 6.45) is -3.64. The van der Waals surface area contributed by atoms with Crippen LogP contribution in [0.5, 0.6) is 5.75 Å². The van der Waals surface area contributed by atoms with Crippen LogP contribution in [-0.4, -0.2) is 19.6 Å². The highest BCUT2D eigenvalue weighted by atomic mass is 19.4. The normalized spacial score (nSPS) is 11.5. The molecule has 2 aromatic carbocycles. The molecule has 0 aliphatic heterocycles. The van der Waals surface area contributed by atoms with Gasteiger partial charge in [-0.05, 0) is 55.2 Å². The molecule has 1 heterocycles. The van der Waals surface area contributed by atoms with E-state index in [-0.39, 0.29) is 25.3 Å². The zero-order valence-electron chi connectivity index (χ0n) is 17.1. The monoisotopic (exact) mass is 433 g/mol. The molecule has 0 aliphatic rings. The summed E-state index contributed by atoms with van der Waals surface area (Å²) in [6.45, 7) is 2.10. The Labute approximate surface area is 176 Å². The molecule has 0 atom stereocenters. The number of amides is 1. The molecule has 3 rings (SSSR count). The zero-order valence-corrected chi connectivity index (χ0v) is 17.1. The molecule has 8 heteroatoms. The molecule has 1 N–H and O–H groups in total. The maximum Gasteiger partial charge on any atom is 0.416 e. The van der Waals surface area contributed by atoms with Crippen LogP contribution in [0, 0.1) is 6.92 Å². The van der Waals surface area contributed by atoms with Gasteiger partial charge in [0.1, 0.15) is 11.3 Å². The Hall–Kier alpha value is -3.29. The summed E-state index contributed by atoms with van der Waals surface area (Å²) in [5.74, 6) is 0.329. The van der Waals surface area contributed by atoms with Crippen molar-refractivity contribution >= 4 is 16.9 Å². The fourth-order valence-corrected chi connectivity index (χ4v) is 3.32. The first-order valence-corrected chi connectivity index (χ1v) is 9.72. The molecule has 1 amide bonds. The van der Waals surface area contributed by atoms with Crippen LogP contribution in [-0.2, 0) is 23.8 Å². The highest BCUT2D eigenvalue weighted by Crippen LogP contribution is 2.29. The van der Waals surface area contributed by atoms with Crippen molar-refractivity contribution in [3.8, 4) is 5.75 Å². The third-order valence-electron chi connectivity index (χ3n) is 5.11. The van der Waals surface area contributed by atoms with Crippen molar-refractivity contribution in [1.82, 2.24) is 5.32 Å². The van der Waals surface area contributed by atoms with Crippen molar-refractivity contribution in [2.24, 2.45) is 0 Å². The second-order valence-corrected chi connectivity index (χ2v) is 7.15. The van der Waals surface area contributed by atoms with E-state index in [4.69, 9.17) is 9.15 Å². The standard InChI is InChI=1S/C23H22F3NO4/c1-14-18-8-7-17(30-2)13-20(18)31-22(29)19(14)9-10-21(28)27-12-11-15-3-5-16(6-4-15)23(24,25)26/h3-8,13H,9-12H2,1-2H3,(H,27,28). The van der Waals surface area contributed by atoms with Gasteiger partial charge in [0.25, 0.3) is 0 Å². The predicted molar refractivity (Wildman–Crippen MR) is 110 cm³/mol. The minimum absolute atomic E-state index is 0.0975. The van der Waals surface area contributed by atoms with Crippen LogP contribution in [0.1, 0.15) is 28.7 Å². The van der Waals surface area contributed by atoms with Crippen LogP contribution >= 0.6 is 0 Å². The molecule has 0 unspecified atom stereocenters. The quantitative estimate of drug-likeness (QED) is 0.560. The second-order valence-electron chi connectivity index (χ2n) is 7.15. The van der Waals surface area contributed by atoms with Crippen LogP contribution in [0.15, 0.2) is 51.7 Å². The Balaban J connectivity index is 1.56. The number of methoxy groups -OCH3 is 1. The van der Waals surface area contributed by atoms with Crippen molar-refractivity contribution < 1.29 is 27.1 Å². The van der Waals surface area contributed by atoms with E-state index in [2.05, 4.69) is 5.32 Å². The first-order valence-electron chi connectivity index (χ1n) is 9.72. The lowest BCUT2D eigenvalue weighted by Crippen LogP contribution is -2.26. The van der Waals surface area contributed by atoms with Gasteiger partial charge in [0.15, 0.2) is 0 Å². The first kappa shape index (κ1) is 22.4. The third kappa shape index (κ3) is 5.45. The molecule has 3 aromatic rings. The van der Waals surface area contributed by atoms with Gasteiger partial charge in [-0.15, -0.1) is 0 Å². The molecule has 0 fully saturated rings. The molecular weight excluding hydrogens is 411 g/mol. The lowest BCUT2D eigenvalue weighted by molar-refractivity contribution is -0.137. The Morgan fingerprint density at radius 1 is 1.10 bits per heavy atom. The summed E-state index contributed by atoms with van der Waals surface area (Å²) in [7, 11) is 1.52. The van der Waals surface area contributed by atoms with Crippen molar-refractivity contribution in [1.29, 1.82) is 0 Å². The lowest BCUT2D eigenvalue weighted by atomic mass is 10.0. The molecule has 0 bridgehead atoms. The number of rotatable bonds is 7. The molecular formula is C23H22F3NO4. The van der Waals surface area contributed by atoms with Gasteiger partial charge in [0, 0.05) is 30.0 Å². The minimum Gasteiger partial charge on any atom is -0.497 e. The number of halogens is 3. The van der Waals surface area contributed by atoms with Crippen molar-refractivity contribution in [3.63, 3.8) is 0 Å². The summed E-state index contributed by atoms with van der Waals surface area (Å²) in [6, 6.07) is 10.1. The van der Waals surface area contributed by atoms with E-state index in [0.717, 1.165) is 23.1 Å². The summed E-state index contributed by atoms with van der Waals surface area (Å²) in [5.41, 5.74) is 1.11. The lowest BCUT2D eigenvalue weighted by Gasteiger charge is -2.10. The predicted octanol–water partition coefficient (Wildman–Crippen LogP) is 4.42. The molecule has 0 radical (unpaired) electrons. The Morgan fingerprint density at radius 3 is 2.45 bits per heavy atom. The fraction of sp³-hybridized carbons (Fsp3) is 0.304. The maximum absolute atomic E-state index is 12.6. The van der Waals surface area contributed by atoms with E-state index in [1.54, 1.807) is 18.2 Å². The Kier molecular flexibility index (Phi) is 6.68. The topological polar surface area (TPSA) is 68.5 Å². The van der Waals surface area contributed by atoms with Gasteiger partial charge < -0.3 is 14.5 Å². The fourth-order valence-electron chi connectivity index (χ4n) is 3.32. The summed E-state index contributed by atoms with van der Waals surface area (Å²) in [4.78, 5) is 24.5. The first-order chi connectivity index (χ1) is 14.7. The van der Waals surface area contributed by atoms with E-state index in [0.29, 0.717) is 28.9 Å². The Bertz CT molecular complexity index is 1130. The molecule has 164 valence electrons. The molecule has 1 aromatic heterocycles. The maximum atomic E-state index is 12.6. The van der Waals surface area contributed by atoms with Gasteiger partial charge in [-0.2, -0.15) is 13.2 Å². The van der Waals surface area contributed by atoms with Crippen LogP contribution in [0.4, 0.5) is 13.2 Å². The van der Waals surface area contributed by atoms with Gasteiger partial charge in [0.2, 0.25) is 5.91 Å². The number of aryl methyl sites for hydroxylation is 1. The van der Waals surface area contributed by atoms with Gasteiger partial charge in [0.05, 0.1) is 12.7 Å². The minimum atomic E-state index is -4.37. The summed E-state index contributed by atoms with van der Waals surface area (Å²) in [5, 5.41) is 3.50. The van der Waals surface area contributed by atoms with E-state index in [9.17, 15) is 22.8 Å². The molecule has 0 saturated carbocycles. The number of hydrogen-bond acceptors (Lipinski definition) is 4. The molecule has 31 heavy (non-hydrogen) atoms. The van der Waals surface area contributed by atoms with Crippen LogP contribution < -0.4 is 15.7 Å². The third-order valence-corrected chi connectivity index (χ3v) is 5.11. The SMILES string of the molecule is COc1ccc2c(C)c(CCC(=O)NCCc3ccc(C(F)(F)F)cc3)c(=O)oc2c1. The number of carbonyl (C=O) groups is 1. The average Bonchev–Trinajstić information content (AvgIpc) is 2.72. The highest BCUT2D eigenvalue weighted by Gasteiger charge is 2.29. The summed E-state index contributed by atoms with van der Waals surface area (Å²) >= 11 is 0. The van der Waals surface area contributed by atoms with Gasteiger partial charge in [-0.3, -0.25) is 4.79 Å². The number of alkyl halides is 3. The van der Waals surface area contributed by atoms with Crippen LogP contribution in [0.2, 0.25) is 0 Å². The van der Waals surface area contributed by atoms with Crippen molar-refractivity contribution in [2.75, 3.05) is 13.7 Å². The number of nitrogens with one attached hydrogen (secondary N) is 1. The van der Waals surface area contributed by atoms with E-state index in [1.165, 1.54) is 19.2 Å². The number of hydrogen-bond donors (Lipinski definition) is 1. The smallest absolute Gasteiger partial charge is 0.416 e. The Morgan fingerprint density at radius 2 is 1.81 bits per heavy atom. The van der Waals surface area contributed by atoms with E-state index < -0.39 is 17.4 Å². The van der Waals surface area contributed by atoms with E-state index in [1.807, 2.05) is 6.92 Å². The number of carbonyl (C=O) groups excluding carboxylic acids is 1.